The van der Waals surface area contributed by atoms with Crippen LogP contribution in [0.15, 0.2) is 66.9 Å². The summed E-state index contributed by atoms with van der Waals surface area (Å²) in [4.78, 5) is 40.0. The molecule has 3 N–H and O–H groups in total. The minimum absolute atomic E-state index is 0.0321. The van der Waals surface area contributed by atoms with Crippen molar-refractivity contribution in [3.05, 3.63) is 78.0 Å². The van der Waals surface area contributed by atoms with E-state index in [-0.39, 0.29) is 41.6 Å². The molecule has 1 aliphatic carbocycles. The van der Waals surface area contributed by atoms with Gasteiger partial charge in [-0.3, -0.25) is 9.59 Å². The van der Waals surface area contributed by atoms with Crippen LogP contribution in [-0.2, 0) is 16.0 Å². The number of hydrogen-bond acceptors (Lipinski definition) is 6. The van der Waals surface area contributed by atoms with Crippen LogP contribution in [0.5, 0.6) is 17.4 Å². The molecule has 0 saturated heterocycles. The topological polar surface area (TPSA) is 127 Å². The third-order valence-electron chi connectivity index (χ3n) is 6.74. The highest BCUT2D eigenvalue weighted by atomic mass is 16.5. The van der Waals surface area contributed by atoms with E-state index in [2.05, 4.69) is 22.5 Å². The van der Waals surface area contributed by atoms with Gasteiger partial charge in [0.2, 0.25) is 17.7 Å². The molecule has 40 heavy (non-hydrogen) atoms. The number of carboxylic acids is 1. The van der Waals surface area contributed by atoms with Gasteiger partial charge in [0.15, 0.2) is 0 Å². The average molecular weight is 546 g/mol. The van der Waals surface area contributed by atoms with Gasteiger partial charge in [-0.2, -0.15) is 0 Å². The number of carboxylic acid groups (broad SMARTS) is 1. The molecule has 0 bridgehead atoms. The number of pyridine rings is 1. The number of unbranched alkanes of at least 4 members (excludes halogenated alkanes) is 1. The maximum Gasteiger partial charge on any atom is 0.337 e. The molecule has 1 saturated carbocycles. The van der Waals surface area contributed by atoms with Gasteiger partial charge in [-0.1, -0.05) is 31.5 Å². The lowest BCUT2D eigenvalue weighted by Gasteiger charge is -2.29. The number of carbonyl (C=O) groups excluding carboxylic acids is 2. The summed E-state index contributed by atoms with van der Waals surface area (Å²) in [6.07, 6.45) is 7.91. The Morgan fingerprint density at radius 2 is 1.65 bits per heavy atom. The molecule has 3 aromatic rings. The first kappa shape index (κ1) is 28.6. The molecule has 1 heterocycles. The zero-order valence-corrected chi connectivity index (χ0v) is 22.6. The Morgan fingerprint density at radius 3 is 2.33 bits per heavy atom. The van der Waals surface area contributed by atoms with Crippen molar-refractivity contribution in [2.75, 3.05) is 5.32 Å². The summed E-state index contributed by atoms with van der Waals surface area (Å²) in [7, 11) is 0. The quantitative estimate of drug-likeness (QED) is 0.264. The monoisotopic (exact) mass is 545 g/mol. The van der Waals surface area contributed by atoms with Crippen molar-refractivity contribution in [3.8, 4) is 17.4 Å². The van der Waals surface area contributed by atoms with Crippen LogP contribution in [0.3, 0.4) is 0 Å². The average Bonchev–Trinajstić information content (AvgIpc) is 2.95. The standard InChI is InChI=1S/C31H35N3O6/c1-2-3-8-28(35)33-22-10-12-23(13-11-22)39-24-14-16-25(17-15-24)40-30-18-9-21(20-32-30)19-29(36)34-27-7-5-4-6-26(27)31(37)38/h4-7,9,14-18,20,22-23H,2-3,8,10-13,19H2,1H3,(H,33,35)(H,34,36)(H,37,38). The van der Waals surface area contributed by atoms with Gasteiger partial charge in [-0.25, -0.2) is 9.78 Å². The summed E-state index contributed by atoms with van der Waals surface area (Å²) in [6.45, 7) is 2.09. The molecule has 0 radical (unpaired) electrons. The van der Waals surface area contributed by atoms with E-state index >= 15 is 0 Å². The van der Waals surface area contributed by atoms with E-state index in [1.807, 2.05) is 24.3 Å². The molecular weight excluding hydrogens is 510 g/mol. The molecule has 9 heteroatoms. The van der Waals surface area contributed by atoms with Crippen LogP contribution in [0.1, 0.15) is 67.8 Å². The lowest BCUT2D eigenvalue weighted by molar-refractivity contribution is -0.122. The van der Waals surface area contributed by atoms with Crippen LogP contribution in [0.25, 0.3) is 0 Å². The molecule has 0 atom stereocenters. The summed E-state index contributed by atoms with van der Waals surface area (Å²) in [5.74, 6) is 0.454. The Kier molecular flexibility index (Phi) is 10.1. The maximum absolute atomic E-state index is 12.4. The van der Waals surface area contributed by atoms with E-state index in [1.165, 1.54) is 6.07 Å². The van der Waals surface area contributed by atoms with Gasteiger partial charge >= 0.3 is 5.97 Å². The third kappa shape index (κ3) is 8.56. The zero-order chi connectivity index (χ0) is 28.3. The predicted molar refractivity (Wildman–Crippen MR) is 151 cm³/mol. The minimum Gasteiger partial charge on any atom is -0.490 e. The molecule has 0 aliphatic heterocycles. The van der Waals surface area contributed by atoms with Crippen LogP contribution >= 0.6 is 0 Å². The van der Waals surface area contributed by atoms with Crippen molar-refractivity contribution in [2.24, 2.45) is 0 Å². The van der Waals surface area contributed by atoms with Crippen molar-refractivity contribution in [1.29, 1.82) is 0 Å². The SMILES string of the molecule is CCCCC(=O)NC1CCC(Oc2ccc(Oc3ccc(CC(=O)Nc4ccccc4C(=O)O)cn3)cc2)CC1. The number of benzene rings is 2. The van der Waals surface area contributed by atoms with Crippen LogP contribution in [0.2, 0.25) is 0 Å². The van der Waals surface area contributed by atoms with Gasteiger partial charge in [0.25, 0.3) is 0 Å². The smallest absolute Gasteiger partial charge is 0.337 e. The van der Waals surface area contributed by atoms with Crippen LogP contribution in [0, 0.1) is 0 Å². The van der Waals surface area contributed by atoms with Gasteiger partial charge in [0.05, 0.1) is 23.8 Å². The summed E-state index contributed by atoms with van der Waals surface area (Å²) in [6, 6.07) is 17.3. The lowest BCUT2D eigenvalue weighted by atomic mass is 9.92. The molecule has 1 aliphatic rings. The predicted octanol–water partition coefficient (Wildman–Crippen LogP) is 5.75. The molecule has 0 spiro atoms. The molecule has 9 nitrogen and oxygen atoms in total. The van der Waals surface area contributed by atoms with Crippen LogP contribution < -0.4 is 20.1 Å². The normalized spacial score (nSPS) is 16.5. The Balaban J connectivity index is 1.21. The Labute approximate surface area is 233 Å². The molecule has 2 amide bonds. The fraction of sp³-hybridized carbons (Fsp3) is 0.355. The Morgan fingerprint density at radius 1 is 0.925 bits per heavy atom. The Hall–Kier alpha value is -4.40. The van der Waals surface area contributed by atoms with E-state index in [4.69, 9.17) is 9.47 Å². The van der Waals surface area contributed by atoms with Gasteiger partial charge in [-0.05, 0) is 74.1 Å². The van der Waals surface area contributed by atoms with Crippen molar-refractivity contribution < 1.29 is 29.0 Å². The van der Waals surface area contributed by atoms with E-state index in [1.54, 1.807) is 36.5 Å². The van der Waals surface area contributed by atoms with Gasteiger partial charge in [0.1, 0.15) is 11.5 Å². The molecule has 4 rings (SSSR count). The molecule has 0 unspecified atom stereocenters. The zero-order valence-electron chi connectivity index (χ0n) is 22.6. The molecule has 210 valence electrons. The fourth-order valence-corrected chi connectivity index (χ4v) is 4.60. The summed E-state index contributed by atoms with van der Waals surface area (Å²) < 4.78 is 12.0. The number of para-hydroxylation sites is 1. The molecule has 1 aromatic heterocycles. The van der Waals surface area contributed by atoms with Gasteiger partial charge in [-0.15, -0.1) is 0 Å². The summed E-state index contributed by atoms with van der Waals surface area (Å²) in [5, 5.41) is 15.0. The number of ether oxygens (including phenoxy) is 2. The largest absolute Gasteiger partial charge is 0.490 e. The highest BCUT2D eigenvalue weighted by Gasteiger charge is 2.23. The molecular formula is C31H35N3O6. The van der Waals surface area contributed by atoms with Gasteiger partial charge < -0.3 is 25.2 Å². The van der Waals surface area contributed by atoms with E-state index < -0.39 is 5.97 Å². The molecule has 2 aromatic carbocycles. The summed E-state index contributed by atoms with van der Waals surface area (Å²) in [5.41, 5.74) is 0.945. The van der Waals surface area contributed by atoms with Crippen LogP contribution in [0.4, 0.5) is 5.69 Å². The number of aromatic nitrogens is 1. The number of rotatable bonds is 12. The van der Waals surface area contributed by atoms with Crippen molar-refractivity contribution in [1.82, 2.24) is 10.3 Å². The number of hydrogen-bond donors (Lipinski definition) is 3. The fourth-order valence-electron chi connectivity index (χ4n) is 4.60. The van der Waals surface area contributed by atoms with Crippen molar-refractivity contribution >= 4 is 23.5 Å². The number of anilines is 1. The van der Waals surface area contributed by atoms with E-state index in [9.17, 15) is 19.5 Å². The number of aromatic carboxylic acids is 1. The first-order valence-corrected chi connectivity index (χ1v) is 13.7. The second-order valence-corrected chi connectivity index (χ2v) is 9.92. The highest BCUT2D eigenvalue weighted by molar-refractivity contribution is 6.00. The summed E-state index contributed by atoms with van der Waals surface area (Å²) >= 11 is 0. The Bertz CT molecular complexity index is 1290. The highest BCUT2D eigenvalue weighted by Crippen LogP contribution is 2.27. The second kappa shape index (κ2) is 14.1. The van der Waals surface area contributed by atoms with E-state index in [0.29, 0.717) is 23.6 Å². The van der Waals surface area contributed by atoms with Crippen molar-refractivity contribution in [2.45, 2.75) is 70.4 Å². The first-order valence-electron chi connectivity index (χ1n) is 13.7. The van der Waals surface area contributed by atoms with Crippen molar-refractivity contribution in [3.63, 3.8) is 0 Å². The lowest BCUT2D eigenvalue weighted by Crippen LogP contribution is -2.39. The number of carbonyl (C=O) groups is 3. The van der Waals surface area contributed by atoms with Crippen LogP contribution in [-0.4, -0.2) is 40.0 Å². The number of nitrogens with zero attached hydrogens (tertiary/aromatic N) is 1. The minimum atomic E-state index is -1.11. The number of nitrogens with one attached hydrogen (secondary N) is 2. The van der Waals surface area contributed by atoms with Gasteiger partial charge in [0, 0.05) is 24.7 Å². The number of amides is 2. The maximum atomic E-state index is 12.4. The second-order valence-electron chi connectivity index (χ2n) is 9.92. The van der Waals surface area contributed by atoms with E-state index in [0.717, 1.165) is 44.3 Å². The third-order valence-corrected chi connectivity index (χ3v) is 6.74. The first-order chi connectivity index (χ1) is 19.4. The molecule has 1 fully saturated rings.